The van der Waals surface area contributed by atoms with Crippen LogP contribution in [0.2, 0.25) is 0 Å². The van der Waals surface area contributed by atoms with Crippen molar-refractivity contribution in [2.45, 2.75) is 44.4 Å². The van der Waals surface area contributed by atoms with Gasteiger partial charge in [0.25, 0.3) is 0 Å². The summed E-state index contributed by atoms with van der Waals surface area (Å²) in [4.78, 5) is 27.3. The Hall–Kier alpha value is -1.89. The summed E-state index contributed by atoms with van der Waals surface area (Å²) in [6.45, 7) is 2.40. The van der Waals surface area contributed by atoms with Crippen LogP contribution in [0.15, 0.2) is 18.7 Å². The number of ether oxygens (including phenoxy) is 1. The van der Waals surface area contributed by atoms with Crippen LogP contribution in [-0.4, -0.2) is 46.7 Å². The van der Waals surface area contributed by atoms with Gasteiger partial charge in [0, 0.05) is 25.0 Å². The van der Waals surface area contributed by atoms with Gasteiger partial charge in [-0.05, 0) is 19.8 Å². The molecule has 2 unspecified atom stereocenters. The molecule has 0 aliphatic carbocycles. The van der Waals surface area contributed by atoms with Crippen LogP contribution in [0.25, 0.3) is 0 Å². The molecule has 7 nitrogen and oxygen atoms in total. The monoisotopic (exact) mass is 280 g/mol. The van der Waals surface area contributed by atoms with E-state index in [0.717, 1.165) is 19.4 Å². The molecule has 3 atom stereocenters. The maximum atomic E-state index is 12.0. The summed E-state index contributed by atoms with van der Waals surface area (Å²) in [5, 5.41) is 5.94. The molecule has 1 aliphatic rings. The topological polar surface area (TPSA) is 85.2 Å². The molecule has 110 valence electrons. The van der Waals surface area contributed by atoms with Crippen LogP contribution in [0, 0.1) is 0 Å². The summed E-state index contributed by atoms with van der Waals surface area (Å²) in [5.74, 6) is -0.595. The molecule has 0 aromatic carbocycles. The second kappa shape index (κ2) is 6.51. The Kier molecular flexibility index (Phi) is 4.73. The number of hydrogen-bond acceptors (Lipinski definition) is 5. The van der Waals surface area contributed by atoms with E-state index in [-0.39, 0.29) is 18.0 Å². The Morgan fingerprint density at radius 1 is 1.55 bits per heavy atom. The first-order valence-corrected chi connectivity index (χ1v) is 6.70. The van der Waals surface area contributed by atoms with Crippen molar-refractivity contribution in [2.75, 3.05) is 7.11 Å². The smallest absolute Gasteiger partial charge is 0.328 e. The molecule has 0 spiro atoms. The number of methoxy groups -OCH3 is 1. The lowest BCUT2D eigenvalue weighted by Gasteiger charge is -2.17. The number of imidazole rings is 1. The Morgan fingerprint density at radius 2 is 2.35 bits per heavy atom. The van der Waals surface area contributed by atoms with E-state index < -0.39 is 12.0 Å². The number of carbonyl (C=O) groups is 2. The molecule has 2 N–H and O–H groups in total. The molecule has 1 aromatic rings. The van der Waals surface area contributed by atoms with Crippen LogP contribution in [0.4, 0.5) is 0 Å². The summed E-state index contributed by atoms with van der Waals surface area (Å²) < 4.78 is 6.56. The highest BCUT2D eigenvalue weighted by molar-refractivity contribution is 5.87. The third-order valence-corrected chi connectivity index (χ3v) is 3.46. The second-order valence-electron chi connectivity index (χ2n) is 5.01. The van der Waals surface area contributed by atoms with Crippen molar-refractivity contribution in [3.05, 3.63) is 18.7 Å². The number of aromatic nitrogens is 2. The average Bonchev–Trinajstić information content (AvgIpc) is 3.09. The Balaban J connectivity index is 1.80. The van der Waals surface area contributed by atoms with Crippen LogP contribution in [0.1, 0.15) is 19.8 Å². The van der Waals surface area contributed by atoms with E-state index in [2.05, 4.69) is 20.4 Å². The molecule has 0 radical (unpaired) electrons. The summed E-state index contributed by atoms with van der Waals surface area (Å²) in [6, 6.07) is -0.633. The van der Waals surface area contributed by atoms with Crippen molar-refractivity contribution in [1.29, 1.82) is 0 Å². The molecule has 1 aromatic heterocycles. The first-order chi connectivity index (χ1) is 9.60. The summed E-state index contributed by atoms with van der Waals surface area (Å²) in [6.07, 6.45) is 7.07. The molecule has 2 heterocycles. The zero-order valence-corrected chi connectivity index (χ0v) is 11.7. The largest absolute Gasteiger partial charge is 0.467 e. The van der Waals surface area contributed by atoms with Gasteiger partial charge in [0.1, 0.15) is 6.04 Å². The number of nitrogens with one attached hydrogen (secondary N) is 2. The molecular weight excluding hydrogens is 260 g/mol. The van der Waals surface area contributed by atoms with E-state index in [1.54, 1.807) is 19.4 Å². The summed E-state index contributed by atoms with van der Waals surface area (Å²) in [7, 11) is 1.31. The van der Waals surface area contributed by atoms with E-state index in [9.17, 15) is 9.59 Å². The highest BCUT2D eigenvalue weighted by atomic mass is 16.5. The quantitative estimate of drug-likeness (QED) is 0.722. The first-order valence-electron chi connectivity index (χ1n) is 6.70. The highest BCUT2D eigenvalue weighted by Gasteiger charge is 2.30. The number of esters is 1. The van der Waals surface area contributed by atoms with E-state index in [0.29, 0.717) is 0 Å². The predicted molar refractivity (Wildman–Crippen MR) is 71.8 cm³/mol. The molecule has 20 heavy (non-hydrogen) atoms. The van der Waals surface area contributed by atoms with Crippen molar-refractivity contribution in [3.8, 4) is 0 Å². The number of hydrogen-bond donors (Lipinski definition) is 2. The minimum Gasteiger partial charge on any atom is -0.467 e. The lowest BCUT2D eigenvalue weighted by atomic mass is 10.2. The Morgan fingerprint density at radius 3 is 3.00 bits per heavy atom. The van der Waals surface area contributed by atoms with E-state index in [1.165, 1.54) is 7.11 Å². The van der Waals surface area contributed by atoms with Crippen LogP contribution in [0.5, 0.6) is 0 Å². The molecule has 0 saturated carbocycles. The maximum Gasteiger partial charge on any atom is 0.328 e. The fourth-order valence-electron chi connectivity index (χ4n) is 2.37. The zero-order chi connectivity index (χ0) is 14.5. The van der Waals surface area contributed by atoms with Gasteiger partial charge in [-0.25, -0.2) is 9.78 Å². The lowest BCUT2D eigenvalue weighted by molar-refractivity contribution is -0.144. The van der Waals surface area contributed by atoms with Crippen LogP contribution >= 0.6 is 0 Å². The van der Waals surface area contributed by atoms with E-state index in [4.69, 9.17) is 0 Å². The second-order valence-corrected chi connectivity index (χ2v) is 5.01. The third kappa shape index (κ3) is 3.57. The van der Waals surface area contributed by atoms with Crippen molar-refractivity contribution >= 4 is 11.9 Å². The van der Waals surface area contributed by atoms with Gasteiger partial charge in [0.05, 0.1) is 19.5 Å². The minimum atomic E-state index is -0.623. The summed E-state index contributed by atoms with van der Waals surface area (Å²) >= 11 is 0. The van der Waals surface area contributed by atoms with Crippen LogP contribution in [-0.2, 0) is 20.9 Å². The molecule has 1 fully saturated rings. The molecule has 2 rings (SSSR count). The normalized spacial score (nSPS) is 23.3. The third-order valence-electron chi connectivity index (χ3n) is 3.46. The summed E-state index contributed by atoms with van der Waals surface area (Å²) in [5.41, 5.74) is 0. The van der Waals surface area contributed by atoms with Crippen molar-refractivity contribution < 1.29 is 14.3 Å². The number of carbonyl (C=O) groups excluding carboxylic acids is 2. The van der Waals surface area contributed by atoms with Gasteiger partial charge in [-0.3, -0.25) is 4.79 Å². The number of amides is 1. The van der Waals surface area contributed by atoms with E-state index >= 15 is 0 Å². The maximum absolute atomic E-state index is 12.0. The zero-order valence-electron chi connectivity index (χ0n) is 11.7. The number of nitrogens with zero attached hydrogens (tertiary/aromatic N) is 2. The van der Waals surface area contributed by atoms with Crippen LogP contribution in [0.3, 0.4) is 0 Å². The van der Waals surface area contributed by atoms with Gasteiger partial charge in [-0.2, -0.15) is 0 Å². The SMILES string of the molecule is COC(=O)[C@H](C)NC(=O)C1CCC(Cn2ccnc2)N1. The first kappa shape index (κ1) is 14.5. The van der Waals surface area contributed by atoms with Crippen molar-refractivity contribution in [3.63, 3.8) is 0 Å². The van der Waals surface area contributed by atoms with Gasteiger partial charge in [-0.1, -0.05) is 0 Å². The van der Waals surface area contributed by atoms with Gasteiger partial charge >= 0.3 is 5.97 Å². The highest BCUT2D eigenvalue weighted by Crippen LogP contribution is 2.14. The fourth-order valence-corrected chi connectivity index (χ4v) is 2.37. The molecule has 1 amide bonds. The minimum absolute atomic E-state index is 0.156. The molecule has 0 bridgehead atoms. The fraction of sp³-hybridized carbons (Fsp3) is 0.615. The van der Waals surface area contributed by atoms with Gasteiger partial charge in [0.15, 0.2) is 0 Å². The van der Waals surface area contributed by atoms with Gasteiger partial charge in [-0.15, -0.1) is 0 Å². The standard InChI is InChI=1S/C13H20N4O3/c1-9(13(19)20-2)15-12(18)11-4-3-10(16-11)7-17-6-5-14-8-17/h5-6,8-11,16H,3-4,7H2,1-2H3,(H,15,18)/t9-,10?,11?/m0/s1. The van der Waals surface area contributed by atoms with Gasteiger partial charge < -0.3 is 19.9 Å². The van der Waals surface area contributed by atoms with Crippen LogP contribution < -0.4 is 10.6 Å². The molecule has 1 aliphatic heterocycles. The number of rotatable bonds is 5. The lowest BCUT2D eigenvalue weighted by Crippen LogP contribution is -2.48. The Bertz CT molecular complexity index is 460. The molecule has 1 saturated heterocycles. The van der Waals surface area contributed by atoms with Crippen molar-refractivity contribution in [2.24, 2.45) is 0 Å². The predicted octanol–water partition coefficient (Wildman–Crippen LogP) is -0.319. The van der Waals surface area contributed by atoms with Crippen molar-refractivity contribution in [1.82, 2.24) is 20.2 Å². The molecule has 7 heteroatoms. The van der Waals surface area contributed by atoms with E-state index in [1.807, 2.05) is 10.8 Å². The average molecular weight is 280 g/mol. The Labute approximate surface area is 117 Å². The molecular formula is C13H20N4O3. The van der Waals surface area contributed by atoms with Gasteiger partial charge in [0.2, 0.25) is 5.91 Å².